The van der Waals surface area contributed by atoms with E-state index in [4.69, 9.17) is 4.99 Å². The van der Waals surface area contributed by atoms with Gasteiger partial charge in [0, 0.05) is 39.1 Å². The van der Waals surface area contributed by atoms with Crippen molar-refractivity contribution in [1.29, 1.82) is 0 Å². The van der Waals surface area contributed by atoms with E-state index < -0.39 is 0 Å². The highest BCUT2D eigenvalue weighted by Gasteiger charge is 2.09. The van der Waals surface area contributed by atoms with E-state index in [0.29, 0.717) is 12.5 Å². The fourth-order valence-electron chi connectivity index (χ4n) is 2.40. The van der Waals surface area contributed by atoms with Crippen molar-refractivity contribution in [3.8, 4) is 0 Å². The lowest BCUT2D eigenvalue weighted by atomic mass is 10.2. The maximum Gasteiger partial charge on any atom is 0.194 e. The second kappa shape index (κ2) is 8.72. The minimum Gasteiger partial charge on any atom is -0.357 e. The molecule has 2 rings (SSSR count). The molecule has 0 bridgehead atoms. The van der Waals surface area contributed by atoms with E-state index in [2.05, 4.69) is 64.4 Å². The van der Waals surface area contributed by atoms with Crippen LogP contribution in [0.15, 0.2) is 34.2 Å². The number of imidazole rings is 1. The summed E-state index contributed by atoms with van der Waals surface area (Å²) in [5.74, 6) is 2.53. The van der Waals surface area contributed by atoms with Crippen molar-refractivity contribution in [2.24, 2.45) is 10.9 Å². The van der Waals surface area contributed by atoms with Gasteiger partial charge in [0.1, 0.15) is 12.4 Å². The molecule has 5 nitrogen and oxygen atoms in total. The van der Waals surface area contributed by atoms with E-state index in [0.717, 1.165) is 31.4 Å². The number of nitrogens with one attached hydrogen (secondary N) is 1. The minimum atomic E-state index is 0.593. The number of aliphatic imine (C=N–C) groups is 1. The maximum atomic E-state index is 4.76. The van der Waals surface area contributed by atoms with Gasteiger partial charge in [0.2, 0.25) is 0 Å². The Kier molecular flexibility index (Phi) is 6.65. The van der Waals surface area contributed by atoms with Gasteiger partial charge in [-0.25, -0.2) is 9.98 Å². The molecule has 126 valence electrons. The van der Waals surface area contributed by atoms with Crippen LogP contribution in [-0.4, -0.2) is 34.0 Å². The van der Waals surface area contributed by atoms with Crippen molar-refractivity contribution < 1.29 is 0 Å². The van der Waals surface area contributed by atoms with Crippen LogP contribution in [0.2, 0.25) is 0 Å². The minimum absolute atomic E-state index is 0.593. The van der Waals surface area contributed by atoms with Crippen LogP contribution in [0.4, 0.5) is 0 Å². The Balaban J connectivity index is 2.05. The van der Waals surface area contributed by atoms with Crippen LogP contribution in [0.3, 0.4) is 0 Å². The number of aromatic nitrogens is 2. The molecule has 0 atom stereocenters. The lowest BCUT2D eigenvalue weighted by Crippen LogP contribution is -2.38. The van der Waals surface area contributed by atoms with Crippen molar-refractivity contribution in [3.63, 3.8) is 0 Å². The zero-order valence-corrected chi connectivity index (χ0v) is 15.3. The molecular weight excluding hydrogens is 306 g/mol. The highest BCUT2D eigenvalue weighted by Crippen LogP contribution is 2.09. The standard InChI is InChI=1S/C17H27N5S/c1-5-18-17(21(4)12-15-6-9-23-13-15)20-10-16-19-7-8-22(16)11-14(2)3/h6-9,13-14H,5,10-12H2,1-4H3,(H,18,20). The van der Waals surface area contributed by atoms with Gasteiger partial charge in [0.25, 0.3) is 0 Å². The molecule has 2 heterocycles. The van der Waals surface area contributed by atoms with Gasteiger partial charge in [0.15, 0.2) is 5.96 Å². The molecular formula is C17H27N5S. The predicted molar refractivity (Wildman–Crippen MR) is 97.7 cm³/mol. The van der Waals surface area contributed by atoms with E-state index in [1.165, 1.54) is 5.56 Å². The van der Waals surface area contributed by atoms with Crippen LogP contribution in [0.5, 0.6) is 0 Å². The van der Waals surface area contributed by atoms with Gasteiger partial charge in [0.05, 0.1) is 0 Å². The van der Waals surface area contributed by atoms with Crippen molar-refractivity contribution in [3.05, 3.63) is 40.6 Å². The molecule has 2 aromatic heterocycles. The first-order valence-electron chi connectivity index (χ1n) is 8.10. The summed E-state index contributed by atoms with van der Waals surface area (Å²) >= 11 is 1.73. The second-order valence-electron chi connectivity index (χ2n) is 6.05. The summed E-state index contributed by atoms with van der Waals surface area (Å²) in [6.07, 6.45) is 3.89. The quantitative estimate of drug-likeness (QED) is 0.625. The molecule has 0 spiro atoms. The third kappa shape index (κ3) is 5.39. The topological polar surface area (TPSA) is 45.5 Å². The number of rotatable bonds is 7. The Morgan fingerprint density at radius 2 is 2.30 bits per heavy atom. The number of hydrogen-bond donors (Lipinski definition) is 1. The summed E-state index contributed by atoms with van der Waals surface area (Å²) in [5.41, 5.74) is 1.31. The van der Waals surface area contributed by atoms with Crippen LogP contribution in [0.25, 0.3) is 0 Å². The van der Waals surface area contributed by atoms with E-state index in [9.17, 15) is 0 Å². The first kappa shape index (κ1) is 17.5. The van der Waals surface area contributed by atoms with E-state index in [1.807, 2.05) is 12.4 Å². The van der Waals surface area contributed by atoms with Crippen molar-refractivity contribution in [2.45, 2.75) is 40.4 Å². The van der Waals surface area contributed by atoms with Gasteiger partial charge in [-0.2, -0.15) is 11.3 Å². The smallest absolute Gasteiger partial charge is 0.194 e. The molecule has 0 saturated carbocycles. The van der Waals surface area contributed by atoms with Gasteiger partial charge in [-0.15, -0.1) is 0 Å². The Bertz CT molecular complexity index is 600. The summed E-state index contributed by atoms with van der Waals surface area (Å²) < 4.78 is 2.19. The van der Waals surface area contributed by atoms with Crippen LogP contribution in [-0.2, 0) is 19.6 Å². The molecule has 0 saturated heterocycles. The lowest BCUT2D eigenvalue weighted by molar-refractivity contribution is 0.474. The lowest BCUT2D eigenvalue weighted by Gasteiger charge is -2.21. The Hall–Kier alpha value is -1.82. The molecule has 0 fully saturated rings. The molecule has 0 radical (unpaired) electrons. The number of nitrogens with zero attached hydrogens (tertiary/aromatic N) is 4. The summed E-state index contributed by atoms with van der Waals surface area (Å²) in [5, 5.41) is 7.64. The predicted octanol–water partition coefficient (Wildman–Crippen LogP) is 3.20. The van der Waals surface area contributed by atoms with Crippen molar-refractivity contribution in [2.75, 3.05) is 13.6 Å². The largest absolute Gasteiger partial charge is 0.357 e. The van der Waals surface area contributed by atoms with E-state index in [1.54, 1.807) is 11.3 Å². The Labute approximate surface area is 143 Å². The Morgan fingerprint density at radius 3 is 2.96 bits per heavy atom. The van der Waals surface area contributed by atoms with Gasteiger partial charge >= 0.3 is 0 Å². The zero-order chi connectivity index (χ0) is 16.7. The van der Waals surface area contributed by atoms with Crippen LogP contribution in [0.1, 0.15) is 32.2 Å². The normalized spacial score (nSPS) is 12.0. The number of hydrogen-bond acceptors (Lipinski definition) is 3. The van der Waals surface area contributed by atoms with Crippen LogP contribution in [0, 0.1) is 5.92 Å². The third-order valence-corrected chi connectivity index (χ3v) is 4.16. The molecule has 23 heavy (non-hydrogen) atoms. The molecule has 0 amide bonds. The molecule has 0 aliphatic rings. The fourth-order valence-corrected chi connectivity index (χ4v) is 3.06. The van der Waals surface area contributed by atoms with E-state index >= 15 is 0 Å². The fraction of sp³-hybridized carbons (Fsp3) is 0.529. The molecule has 2 aromatic rings. The number of thiophene rings is 1. The van der Waals surface area contributed by atoms with Crippen molar-refractivity contribution >= 4 is 17.3 Å². The van der Waals surface area contributed by atoms with Crippen LogP contribution < -0.4 is 5.32 Å². The molecule has 0 unspecified atom stereocenters. The second-order valence-corrected chi connectivity index (χ2v) is 6.83. The molecule has 0 aromatic carbocycles. The Morgan fingerprint density at radius 1 is 1.48 bits per heavy atom. The molecule has 0 aliphatic heterocycles. The number of guanidine groups is 1. The van der Waals surface area contributed by atoms with Crippen LogP contribution >= 0.6 is 11.3 Å². The summed E-state index contributed by atoms with van der Waals surface area (Å²) in [4.78, 5) is 11.4. The summed E-state index contributed by atoms with van der Waals surface area (Å²) in [6.45, 7) is 9.80. The molecule has 1 N–H and O–H groups in total. The van der Waals surface area contributed by atoms with Gasteiger partial charge < -0.3 is 14.8 Å². The van der Waals surface area contributed by atoms with Gasteiger partial charge in [-0.05, 0) is 35.2 Å². The maximum absolute atomic E-state index is 4.76. The molecule has 0 aliphatic carbocycles. The zero-order valence-electron chi connectivity index (χ0n) is 14.5. The van der Waals surface area contributed by atoms with Gasteiger partial charge in [-0.3, -0.25) is 0 Å². The average Bonchev–Trinajstić information content (AvgIpc) is 3.15. The van der Waals surface area contributed by atoms with Gasteiger partial charge in [-0.1, -0.05) is 13.8 Å². The highest BCUT2D eigenvalue weighted by atomic mass is 32.1. The van der Waals surface area contributed by atoms with Crippen molar-refractivity contribution in [1.82, 2.24) is 19.8 Å². The first-order chi connectivity index (χ1) is 11.1. The SMILES string of the molecule is CCNC(=NCc1nccn1CC(C)C)N(C)Cc1ccsc1. The summed E-state index contributed by atoms with van der Waals surface area (Å²) in [7, 11) is 2.07. The third-order valence-electron chi connectivity index (χ3n) is 3.43. The molecule has 6 heteroatoms. The summed E-state index contributed by atoms with van der Waals surface area (Å²) in [6, 6.07) is 2.15. The first-order valence-corrected chi connectivity index (χ1v) is 9.05. The monoisotopic (exact) mass is 333 g/mol. The van der Waals surface area contributed by atoms with E-state index in [-0.39, 0.29) is 0 Å². The highest BCUT2D eigenvalue weighted by molar-refractivity contribution is 7.07. The average molecular weight is 334 g/mol.